The molecule has 0 atom stereocenters. The molecule has 21 heavy (non-hydrogen) atoms. The van der Waals surface area contributed by atoms with Crippen LogP contribution in [0.5, 0.6) is 0 Å². The molecule has 3 nitrogen and oxygen atoms in total. The molecule has 0 fully saturated rings. The third-order valence-corrected chi connectivity index (χ3v) is 4.48. The normalized spacial score (nSPS) is 11.3. The number of aromatic nitrogens is 1. The van der Waals surface area contributed by atoms with Crippen molar-refractivity contribution in [2.24, 2.45) is 0 Å². The van der Waals surface area contributed by atoms with Gasteiger partial charge in [0.15, 0.2) is 16.2 Å². The van der Waals surface area contributed by atoms with Crippen LogP contribution < -0.4 is 5.43 Å². The van der Waals surface area contributed by atoms with Crippen LogP contribution in [-0.2, 0) is 0 Å². The van der Waals surface area contributed by atoms with E-state index in [1.807, 2.05) is 24.3 Å². The van der Waals surface area contributed by atoms with Crippen LogP contribution >= 0.6 is 22.9 Å². The van der Waals surface area contributed by atoms with Crippen molar-refractivity contribution in [2.75, 3.05) is 0 Å². The van der Waals surface area contributed by atoms with Gasteiger partial charge in [-0.25, -0.2) is 4.98 Å². The van der Waals surface area contributed by atoms with E-state index in [0.29, 0.717) is 26.8 Å². The molecule has 5 heteroatoms. The molecule has 2 heterocycles. The fourth-order valence-corrected chi connectivity index (χ4v) is 3.30. The molecule has 0 radical (unpaired) electrons. The van der Waals surface area contributed by atoms with Gasteiger partial charge in [0, 0.05) is 11.1 Å². The van der Waals surface area contributed by atoms with E-state index in [1.54, 1.807) is 18.2 Å². The van der Waals surface area contributed by atoms with Gasteiger partial charge in [0.05, 0.1) is 15.6 Å². The van der Waals surface area contributed by atoms with Crippen LogP contribution in [0.1, 0.15) is 0 Å². The highest BCUT2D eigenvalue weighted by Crippen LogP contribution is 2.31. The Morgan fingerprint density at radius 2 is 1.95 bits per heavy atom. The van der Waals surface area contributed by atoms with Gasteiger partial charge in [-0.15, -0.1) is 11.3 Å². The summed E-state index contributed by atoms with van der Waals surface area (Å²) >= 11 is 7.41. The lowest BCUT2D eigenvalue weighted by atomic mass is 10.2. The predicted octanol–water partition coefficient (Wildman–Crippen LogP) is 4.72. The second kappa shape index (κ2) is 4.69. The van der Waals surface area contributed by atoms with E-state index >= 15 is 0 Å². The van der Waals surface area contributed by atoms with Gasteiger partial charge in [-0.1, -0.05) is 23.7 Å². The van der Waals surface area contributed by atoms with Crippen molar-refractivity contribution in [1.82, 2.24) is 4.98 Å². The first-order chi connectivity index (χ1) is 10.2. The summed E-state index contributed by atoms with van der Waals surface area (Å²) in [4.78, 5) is 16.7. The van der Waals surface area contributed by atoms with Gasteiger partial charge in [-0.3, -0.25) is 4.79 Å². The van der Waals surface area contributed by atoms with Gasteiger partial charge >= 0.3 is 0 Å². The third-order valence-electron chi connectivity index (χ3n) is 3.19. The van der Waals surface area contributed by atoms with Crippen molar-refractivity contribution < 1.29 is 4.42 Å². The number of benzene rings is 2. The fourth-order valence-electron chi connectivity index (χ4n) is 2.21. The summed E-state index contributed by atoms with van der Waals surface area (Å²) in [6.07, 6.45) is 0. The Kier molecular flexibility index (Phi) is 2.80. The fraction of sp³-hybridized carbons (Fsp3) is 0. The monoisotopic (exact) mass is 313 g/mol. The van der Waals surface area contributed by atoms with E-state index in [-0.39, 0.29) is 5.43 Å². The van der Waals surface area contributed by atoms with Crippen molar-refractivity contribution in [3.63, 3.8) is 0 Å². The standard InChI is InChI=1S/C16H8ClNO2S/c17-9-5-6-13-10(7-9)12(19)8-14(20-13)16-18-11-3-1-2-4-15(11)21-16/h1-8H. The maximum Gasteiger partial charge on any atom is 0.193 e. The average Bonchev–Trinajstić information content (AvgIpc) is 2.92. The Morgan fingerprint density at radius 1 is 1.10 bits per heavy atom. The van der Waals surface area contributed by atoms with Crippen LogP contribution in [0.15, 0.2) is 57.7 Å². The molecule has 102 valence electrons. The van der Waals surface area contributed by atoms with Crippen LogP contribution in [-0.4, -0.2) is 4.98 Å². The van der Waals surface area contributed by atoms with Crippen LogP contribution in [0.2, 0.25) is 5.02 Å². The van der Waals surface area contributed by atoms with Gasteiger partial charge in [0.25, 0.3) is 0 Å². The molecule has 0 saturated carbocycles. The second-order valence-corrected chi connectivity index (χ2v) is 6.07. The smallest absolute Gasteiger partial charge is 0.193 e. The largest absolute Gasteiger partial charge is 0.453 e. The zero-order valence-electron chi connectivity index (χ0n) is 10.7. The minimum absolute atomic E-state index is 0.118. The van der Waals surface area contributed by atoms with Gasteiger partial charge in [0.1, 0.15) is 5.58 Å². The molecule has 2 aromatic heterocycles. The molecule has 0 saturated heterocycles. The third kappa shape index (κ3) is 2.13. The SMILES string of the molecule is O=c1cc(-c2nc3ccccc3s2)oc2ccc(Cl)cc12. The Balaban J connectivity index is 1.98. The summed E-state index contributed by atoms with van der Waals surface area (Å²) in [6.45, 7) is 0. The summed E-state index contributed by atoms with van der Waals surface area (Å²) in [7, 11) is 0. The van der Waals surface area contributed by atoms with Crippen LogP contribution in [0, 0.1) is 0 Å². The molecular formula is C16H8ClNO2S. The summed E-state index contributed by atoms with van der Waals surface area (Å²) in [5.74, 6) is 0.482. The number of fused-ring (bicyclic) bond motifs is 2. The molecule has 4 rings (SSSR count). The summed E-state index contributed by atoms with van der Waals surface area (Å²) in [5, 5.41) is 1.69. The molecule has 0 amide bonds. The molecule has 0 bridgehead atoms. The maximum absolute atomic E-state index is 12.2. The van der Waals surface area contributed by atoms with Gasteiger partial charge < -0.3 is 4.42 Å². The second-order valence-electron chi connectivity index (χ2n) is 4.60. The topological polar surface area (TPSA) is 43.1 Å². The number of thiazole rings is 1. The van der Waals surface area contributed by atoms with Crippen LogP contribution in [0.3, 0.4) is 0 Å². The number of hydrogen-bond acceptors (Lipinski definition) is 4. The number of nitrogens with zero attached hydrogens (tertiary/aromatic N) is 1. The Bertz CT molecular complexity index is 1000. The first kappa shape index (κ1) is 12.6. The van der Waals surface area contributed by atoms with E-state index in [0.717, 1.165) is 10.2 Å². The van der Waals surface area contributed by atoms with E-state index < -0.39 is 0 Å². The molecule has 0 N–H and O–H groups in total. The Hall–Kier alpha value is -2.17. The molecule has 0 aliphatic carbocycles. The number of hydrogen-bond donors (Lipinski definition) is 0. The summed E-state index contributed by atoms with van der Waals surface area (Å²) in [6, 6.07) is 14.3. The van der Waals surface area contributed by atoms with Gasteiger partial charge in [0.2, 0.25) is 0 Å². The quantitative estimate of drug-likeness (QED) is 0.510. The van der Waals surface area contributed by atoms with Crippen molar-refractivity contribution in [1.29, 1.82) is 0 Å². The lowest BCUT2D eigenvalue weighted by molar-refractivity contribution is 0.618. The molecule has 0 unspecified atom stereocenters. The Morgan fingerprint density at radius 3 is 2.81 bits per heavy atom. The van der Waals surface area contributed by atoms with E-state index in [2.05, 4.69) is 4.98 Å². The summed E-state index contributed by atoms with van der Waals surface area (Å²) < 4.78 is 6.86. The van der Waals surface area contributed by atoms with E-state index in [4.69, 9.17) is 16.0 Å². The first-order valence-corrected chi connectivity index (χ1v) is 7.49. The predicted molar refractivity (Wildman–Crippen MR) is 86.1 cm³/mol. The molecule has 4 aromatic rings. The van der Waals surface area contributed by atoms with Gasteiger partial charge in [-0.2, -0.15) is 0 Å². The van der Waals surface area contributed by atoms with Crippen molar-refractivity contribution >= 4 is 44.1 Å². The zero-order valence-corrected chi connectivity index (χ0v) is 12.2. The van der Waals surface area contributed by atoms with Crippen LogP contribution in [0.4, 0.5) is 0 Å². The van der Waals surface area contributed by atoms with Gasteiger partial charge in [-0.05, 0) is 30.3 Å². The highest BCUT2D eigenvalue weighted by atomic mass is 35.5. The molecule has 0 spiro atoms. The first-order valence-electron chi connectivity index (χ1n) is 6.30. The average molecular weight is 314 g/mol. The maximum atomic E-state index is 12.2. The minimum Gasteiger partial charge on any atom is -0.453 e. The van der Waals surface area contributed by atoms with Crippen molar-refractivity contribution in [3.05, 3.63) is 63.8 Å². The molecule has 2 aromatic carbocycles. The molecule has 0 aliphatic heterocycles. The number of halogens is 1. The van der Waals surface area contributed by atoms with Crippen molar-refractivity contribution in [3.8, 4) is 10.8 Å². The minimum atomic E-state index is -0.118. The highest BCUT2D eigenvalue weighted by Gasteiger charge is 2.11. The Labute approximate surface area is 128 Å². The lowest BCUT2D eigenvalue weighted by Gasteiger charge is -2.00. The summed E-state index contributed by atoms with van der Waals surface area (Å²) in [5.41, 5.74) is 1.30. The number of rotatable bonds is 1. The van der Waals surface area contributed by atoms with Crippen molar-refractivity contribution in [2.45, 2.75) is 0 Å². The molecular weight excluding hydrogens is 306 g/mol. The number of para-hydroxylation sites is 1. The highest BCUT2D eigenvalue weighted by molar-refractivity contribution is 7.21. The van der Waals surface area contributed by atoms with E-state index in [1.165, 1.54) is 17.4 Å². The lowest BCUT2D eigenvalue weighted by Crippen LogP contribution is -1.99. The molecule has 0 aliphatic rings. The van der Waals surface area contributed by atoms with Crippen LogP contribution in [0.25, 0.3) is 32.0 Å². The zero-order chi connectivity index (χ0) is 14.4. The van der Waals surface area contributed by atoms with E-state index in [9.17, 15) is 4.79 Å².